The molecule has 0 amide bonds. The van der Waals surface area contributed by atoms with Crippen LogP contribution in [0.15, 0.2) is 11.6 Å². The van der Waals surface area contributed by atoms with Crippen LogP contribution in [0.2, 0.25) is 0 Å². The van der Waals surface area contributed by atoms with Crippen LogP contribution in [-0.2, 0) is 14.3 Å². The van der Waals surface area contributed by atoms with E-state index in [2.05, 4.69) is 19.9 Å². The Morgan fingerprint density at radius 3 is 2.53 bits per heavy atom. The van der Waals surface area contributed by atoms with Crippen LogP contribution in [0.25, 0.3) is 0 Å². The van der Waals surface area contributed by atoms with Gasteiger partial charge in [0.05, 0.1) is 0 Å². The van der Waals surface area contributed by atoms with Crippen molar-refractivity contribution in [3.8, 4) is 0 Å². The van der Waals surface area contributed by atoms with E-state index in [4.69, 9.17) is 4.74 Å². The molecule has 3 nitrogen and oxygen atoms in total. The molecule has 5 rings (SSSR count). The third-order valence-electron chi connectivity index (χ3n) is 11.0. The van der Waals surface area contributed by atoms with Gasteiger partial charge in [-0.1, -0.05) is 38.3 Å². The summed E-state index contributed by atoms with van der Waals surface area (Å²) in [5, 5.41) is 0. The molecule has 0 N–H and O–H groups in total. The molecule has 0 aromatic carbocycles. The Labute approximate surface area is 182 Å². The summed E-state index contributed by atoms with van der Waals surface area (Å²) in [4.78, 5) is 24.7. The van der Waals surface area contributed by atoms with E-state index >= 15 is 0 Å². The monoisotopic (exact) mass is 412 g/mol. The fraction of sp³-hybridized carbons (Fsp3) is 0.852. The molecule has 0 aromatic rings. The summed E-state index contributed by atoms with van der Waals surface area (Å²) >= 11 is 0. The zero-order valence-electron chi connectivity index (χ0n) is 19.5. The van der Waals surface area contributed by atoms with Crippen LogP contribution in [0, 0.1) is 39.9 Å². The Hall–Kier alpha value is -1.12. The molecule has 0 aliphatic heterocycles. The highest BCUT2D eigenvalue weighted by atomic mass is 16.5. The Balaban J connectivity index is 1.46. The van der Waals surface area contributed by atoms with Crippen LogP contribution in [0.3, 0.4) is 0 Å². The minimum absolute atomic E-state index is 0.0429. The van der Waals surface area contributed by atoms with Gasteiger partial charge in [0.1, 0.15) is 11.9 Å². The molecule has 166 valence electrons. The van der Waals surface area contributed by atoms with Gasteiger partial charge >= 0.3 is 5.97 Å². The number of hydrogen-bond donors (Lipinski definition) is 0. The van der Waals surface area contributed by atoms with Crippen LogP contribution in [0.4, 0.5) is 0 Å². The first-order valence-corrected chi connectivity index (χ1v) is 12.6. The Kier molecular flexibility index (Phi) is 4.80. The molecule has 0 bridgehead atoms. The topological polar surface area (TPSA) is 43.4 Å². The van der Waals surface area contributed by atoms with Gasteiger partial charge in [-0.15, -0.1) is 0 Å². The smallest absolute Gasteiger partial charge is 0.302 e. The second kappa shape index (κ2) is 6.94. The molecule has 3 heteroatoms. The van der Waals surface area contributed by atoms with Crippen molar-refractivity contribution < 1.29 is 14.3 Å². The molecular formula is C27H40O3. The number of fused-ring (bicyclic) bond motifs is 7. The van der Waals surface area contributed by atoms with Crippen molar-refractivity contribution in [3.63, 3.8) is 0 Å². The molecule has 4 fully saturated rings. The molecule has 30 heavy (non-hydrogen) atoms. The molecule has 0 heterocycles. The summed E-state index contributed by atoms with van der Waals surface area (Å²) in [7, 11) is 0. The number of carbonyl (C=O) groups excluding carboxylic acids is 2. The number of ether oxygens (including phenoxy) is 1. The van der Waals surface area contributed by atoms with Gasteiger partial charge in [-0.25, -0.2) is 0 Å². The predicted molar refractivity (Wildman–Crippen MR) is 118 cm³/mol. The maximum Gasteiger partial charge on any atom is 0.302 e. The summed E-state index contributed by atoms with van der Waals surface area (Å²) in [5.74, 6) is 3.13. The predicted octanol–water partition coefficient (Wildman–Crippen LogP) is 6.26. The number of esters is 1. The molecule has 5 aliphatic carbocycles. The first-order chi connectivity index (χ1) is 14.2. The summed E-state index contributed by atoms with van der Waals surface area (Å²) in [6.07, 6.45) is 15.6. The van der Waals surface area contributed by atoms with Crippen LogP contribution in [0.5, 0.6) is 0 Å². The fourth-order valence-corrected chi connectivity index (χ4v) is 9.76. The Morgan fingerprint density at radius 1 is 1.00 bits per heavy atom. The molecule has 0 unspecified atom stereocenters. The first-order valence-electron chi connectivity index (χ1n) is 12.6. The fourth-order valence-electron chi connectivity index (χ4n) is 9.76. The molecular weight excluding hydrogens is 372 g/mol. The zero-order chi connectivity index (χ0) is 21.3. The van der Waals surface area contributed by atoms with Crippen molar-refractivity contribution in [2.24, 2.45) is 39.9 Å². The normalized spacial score (nSPS) is 49.7. The maximum atomic E-state index is 13.2. The van der Waals surface area contributed by atoms with Crippen molar-refractivity contribution in [1.82, 2.24) is 0 Å². The molecule has 0 aromatic heterocycles. The lowest BCUT2D eigenvalue weighted by Crippen LogP contribution is -2.55. The van der Waals surface area contributed by atoms with E-state index in [1.165, 1.54) is 51.9 Å². The van der Waals surface area contributed by atoms with E-state index in [0.29, 0.717) is 17.6 Å². The lowest BCUT2D eigenvalue weighted by molar-refractivity contribution is -0.151. The van der Waals surface area contributed by atoms with E-state index in [-0.39, 0.29) is 28.3 Å². The highest BCUT2D eigenvalue weighted by Gasteiger charge is 2.68. The SMILES string of the molecule is CC(=O)O[C@H]1CC[C@@]2(C)C(=CC[C@H]3[C@H]2CC[C@]2(C)[C@@H]3C[C@@H]3CCCC[C@]32C(C)=O)C1. The van der Waals surface area contributed by atoms with Crippen LogP contribution >= 0.6 is 0 Å². The second-order valence-electron chi connectivity index (χ2n) is 11.9. The van der Waals surface area contributed by atoms with E-state index in [1.807, 2.05) is 6.92 Å². The van der Waals surface area contributed by atoms with Crippen molar-refractivity contribution in [2.75, 3.05) is 0 Å². The largest absolute Gasteiger partial charge is 0.462 e. The van der Waals surface area contributed by atoms with Gasteiger partial charge in [-0.2, -0.15) is 0 Å². The highest BCUT2D eigenvalue weighted by Crippen LogP contribution is 2.73. The van der Waals surface area contributed by atoms with E-state index in [0.717, 1.165) is 37.5 Å². The molecule has 0 saturated heterocycles. The lowest BCUT2D eigenvalue weighted by atomic mass is 9.44. The zero-order valence-corrected chi connectivity index (χ0v) is 19.5. The summed E-state index contributed by atoms with van der Waals surface area (Å²) in [6.45, 7) is 8.46. The highest BCUT2D eigenvalue weighted by molar-refractivity contribution is 5.84. The number of allylic oxidation sites excluding steroid dienone is 1. The van der Waals surface area contributed by atoms with E-state index in [1.54, 1.807) is 5.57 Å². The third-order valence-corrected chi connectivity index (χ3v) is 11.0. The van der Waals surface area contributed by atoms with Gasteiger partial charge in [0, 0.05) is 18.8 Å². The van der Waals surface area contributed by atoms with Crippen molar-refractivity contribution in [2.45, 2.75) is 104 Å². The van der Waals surface area contributed by atoms with Crippen LogP contribution in [0.1, 0.15) is 98.3 Å². The Bertz CT molecular complexity index is 783. The number of Topliss-reactive ketones (excluding diaryl/α,β-unsaturated/α-hetero) is 1. The molecule has 5 aliphatic rings. The molecule has 8 atom stereocenters. The lowest BCUT2D eigenvalue weighted by Gasteiger charge is -2.60. The van der Waals surface area contributed by atoms with E-state index in [9.17, 15) is 9.59 Å². The minimum atomic E-state index is -0.144. The Morgan fingerprint density at radius 2 is 1.80 bits per heavy atom. The van der Waals surface area contributed by atoms with Gasteiger partial charge < -0.3 is 4.74 Å². The van der Waals surface area contributed by atoms with Gasteiger partial charge in [0.15, 0.2) is 0 Å². The summed E-state index contributed by atoms with van der Waals surface area (Å²) in [5.41, 5.74) is 1.97. The summed E-state index contributed by atoms with van der Waals surface area (Å²) < 4.78 is 5.59. The second-order valence-corrected chi connectivity index (χ2v) is 11.9. The van der Waals surface area contributed by atoms with E-state index < -0.39 is 0 Å². The minimum Gasteiger partial charge on any atom is -0.462 e. The number of carbonyl (C=O) groups is 2. The molecule has 0 spiro atoms. The molecule has 0 radical (unpaired) electrons. The molecule has 4 saturated carbocycles. The number of rotatable bonds is 2. The quantitative estimate of drug-likeness (QED) is 0.397. The maximum absolute atomic E-state index is 13.2. The first kappa shape index (κ1) is 20.8. The standard InChI is InChI=1S/C27H40O3/c1-17(28)27-12-6-5-7-20(27)16-24-22-9-8-19-15-21(30-18(2)29)10-13-25(19,3)23(22)11-14-26(24,27)4/h8,20-24H,5-7,9-16H2,1-4H3/t20-,21-,22-,23+,24+,25-,26+,27-/m0/s1. The van der Waals surface area contributed by atoms with Gasteiger partial charge in [-0.05, 0) is 92.8 Å². The third kappa shape index (κ3) is 2.62. The summed E-state index contributed by atoms with van der Waals surface area (Å²) in [6, 6.07) is 0. The average Bonchev–Trinajstić information content (AvgIpc) is 2.98. The van der Waals surface area contributed by atoms with Crippen LogP contribution < -0.4 is 0 Å². The number of hydrogen-bond acceptors (Lipinski definition) is 3. The van der Waals surface area contributed by atoms with Crippen LogP contribution in [-0.4, -0.2) is 17.9 Å². The van der Waals surface area contributed by atoms with Crippen molar-refractivity contribution >= 4 is 11.8 Å². The van der Waals surface area contributed by atoms with Crippen molar-refractivity contribution in [3.05, 3.63) is 11.6 Å². The van der Waals surface area contributed by atoms with Gasteiger partial charge in [0.2, 0.25) is 0 Å². The van der Waals surface area contributed by atoms with Gasteiger partial charge in [-0.3, -0.25) is 9.59 Å². The average molecular weight is 413 g/mol. The van der Waals surface area contributed by atoms with Gasteiger partial charge in [0.25, 0.3) is 0 Å². The van der Waals surface area contributed by atoms with Crippen molar-refractivity contribution in [1.29, 1.82) is 0 Å². The number of ketones is 1.